The summed E-state index contributed by atoms with van der Waals surface area (Å²) in [5.74, 6) is -2.96. The van der Waals surface area contributed by atoms with Crippen LogP contribution in [0, 0.1) is 5.82 Å². The smallest absolute Gasteiger partial charge is 0.208 e. The van der Waals surface area contributed by atoms with Gasteiger partial charge in [-0.15, -0.1) is 0 Å². The number of rotatable bonds is 2. The minimum Gasteiger partial charge on any atom is -0.504 e. The molecule has 1 aromatic rings. The number of halogens is 2. The molecule has 0 spiro atoms. The van der Waals surface area contributed by atoms with E-state index >= 15 is 0 Å². The van der Waals surface area contributed by atoms with Crippen LogP contribution >= 0.6 is 11.6 Å². The van der Waals surface area contributed by atoms with Crippen LogP contribution in [-0.2, 0) is 0 Å². The summed E-state index contributed by atoms with van der Waals surface area (Å²) in [6.45, 7) is 1.49. The molecule has 84 valence electrons. The number of aliphatic hydroxyl groups is 1. The third-order valence-electron chi connectivity index (χ3n) is 2.01. The van der Waals surface area contributed by atoms with Gasteiger partial charge in [0.05, 0.1) is 11.1 Å². The predicted molar refractivity (Wildman–Crippen MR) is 53.3 cm³/mol. The first-order valence-corrected chi connectivity index (χ1v) is 4.57. The SMILES string of the molecule is CC(N)C(O)c1cc(Cl)c(O)c(F)c1O. The van der Waals surface area contributed by atoms with Crippen molar-refractivity contribution in [2.24, 2.45) is 5.73 Å². The lowest BCUT2D eigenvalue weighted by Crippen LogP contribution is -2.24. The van der Waals surface area contributed by atoms with Crippen LogP contribution in [0.5, 0.6) is 11.5 Å². The molecule has 0 amide bonds. The third kappa shape index (κ3) is 2.14. The van der Waals surface area contributed by atoms with Crippen molar-refractivity contribution in [1.82, 2.24) is 0 Å². The molecule has 0 heterocycles. The fourth-order valence-corrected chi connectivity index (χ4v) is 1.33. The van der Waals surface area contributed by atoms with Gasteiger partial charge in [-0.25, -0.2) is 0 Å². The minimum atomic E-state index is -1.27. The molecule has 1 aromatic carbocycles. The normalized spacial score (nSPS) is 15.0. The molecule has 0 radical (unpaired) electrons. The van der Waals surface area contributed by atoms with Crippen LogP contribution in [-0.4, -0.2) is 21.4 Å². The Kier molecular flexibility index (Phi) is 3.38. The summed E-state index contributed by atoms with van der Waals surface area (Å²) in [5, 5.41) is 27.6. The van der Waals surface area contributed by atoms with E-state index in [0.29, 0.717) is 0 Å². The van der Waals surface area contributed by atoms with Crippen LogP contribution < -0.4 is 5.73 Å². The highest BCUT2D eigenvalue weighted by atomic mass is 35.5. The number of nitrogens with two attached hydrogens (primary N) is 1. The first kappa shape index (κ1) is 12.0. The van der Waals surface area contributed by atoms with E-state index in [9.17, 15) is 14.6 Å². The number of phenols is 2. The van der Waals surface area contributed by atoms with Crippen LogP contribution in [0.1, 0.15) is 18.6 Å². The lowest BCUT2D eigenvalue weighted by atomic mass is 10.0. The van der Waals surface area contributed by atoms with Crippen molar-refractivity contribution < 1.29 is 19.7 Å². The van der Waals surface area contributed by atoms with E-state index in [-0.39, 0.29) is 10.6 Å². The van der Waals surface area contributed by atoms with E-state index in [2.05, 4.69) is 0 Å². The van der Waals surface area contributed by atoms with E-state index in [1.54, 1.807) is 0 Å². The van der Waals surface area contributed by atoms with Gasteiger partial charge < -0.3 is 21.1 Å². The van der Waals surface area contributed by atoms with E-state index in [1.165, 1.54) is 6.92 Å². The zero-order chi connectivity index (χ0) is 11.7. The number of aliphatic hydroxyl groups excluding tert-OH is 1. The van der Waals surface area contributed by atoms with Crippen molar-refractivity contribution in [3.8, 4) is 11.5 Å². The molecule has 1 rings (SSSR count). The summed E-state index contributed by atoms with van der Waals surface area (Å²) < 4.78 is 13.1. The number of hydrogen-bond donors (Lipinski definition) is 4. The molecule has 0 aliphatic rings. The van der Waals surface area contributed by atoms with Crippen LogP contribution in [0.15, 0.2) is 6.07 Å². The topological polar surface area (TPSA) is 86.7 Å². The molecule has 4 nitrogen and oxygen atoms in total. The quantitative estimate of drug-likeness (QED) is 0.622. The maximum Gasteiger partial charge on any atom is 0.208 e. The molecule has 0 bridgehead atoms. The van der Waals surface area contributed by atoms with Crippen molar-refractivity contribution >= 4 is 11.6 Å². The Morgan fingerprint density at radius 2 is 1.93 bits per heavy atom. The Hall–Kier alpha value is -1.04. The summed E-state index contributed by atoms with van der Waals surface area (Å²) >= 11 is 5.49. The number of benzene rings is 1. The van der Waals surface area contributed by atoms with Crippen molar-refractivity contribution in [3.63, 3.8) is 0 Å². The van der Waals surface area contributed by atoms with E-state index in [4.69, 9.17) is 22.4 Å². The monoisotopic (exact) mass is 235 g/mol. The second-order valence-corrected chi connectivity index (χ2v) is 3.67. The van der Waals surface area contributed by atoms with Crippen LogP contribution in [0.4, 0.5) is 4.39 Å². The molecule has 0 aliphatic heterocycles. The first-order valence-electron chi connectivity index (χ1n) is 4.19. The summed E-state index contributed by atoms with van der Waals surface area (Å²) in [5.41, 5.74) is 5.24. The Morgan fingerprint density at radius 3 is 2.40 bits per heavy atom. The molecule has 0 saturated heterocycles. The largest absolute Gasteiger partial charge is 0.504 e. The van der Waals surface area contributed by atoms with Gasteiger partial charge in [0.15, 0.2) is 11.5 Å². The van der Waals surface area contributed by atoms with Crippen molar-refractivity contribution in [1.29, 1.82) is 0 Å². The maximum absolute atomic E-state index is 13.1. The number of phenolic OH excluding ortho intramolecular Hbond substituents is 2. The highest BCUT2D eigenvalue weighted by Gasteiger charge is 2.23. The van der Waals surface area contributed by atoms with Crippen molar-refractivity contribution in [2.75, 3.05) is 0 Å². The average Bonchev–Trinajstić information content (AvgIpc) is 2.19. The molecule has 0 aromatic heterocycles. The molecule has 6 heteroatoms. The summed E-state index contributed by atoms with van der Waals surface area (Å²) in [6.07, 6.45) is -1.25. The molecule has 2 atom stereocenters. The molecule has 0 saturated carbocycles. The van der Waals surface area contributed by atoms with Gasteiger partial charge in [0.25, 0.3) is 0 Å². The molecule has 2 unspecified atom stereocenters. The molecule has 5 N–H and O–H groups in total. The Balaban J connectivity index is 3.32. The van der Waals surface area contributed by atoms with E-state index in [1.807, 2.05) is 0 Å². The highest BCUT2D eigenvalue weighted by molar-refractivity contribution is 6.32. The second kappa shape index (κ2) is 4.22. The van der Waals surface area contributed by atoms with Gasteiger partial charge >= 0.3 is 0 Å². The Bertz CT molecular complexity index is 384. The summed E-state index contributed by atoms with van der Waals surface area (Å²) in [7, 11) is 0. The first-order chi connectivity index (χ1) is 6.86. The lowest BCUT2D eigenvalue weighted by molar-refractivity contribution is 0.149. The van der Waals surface area contributed by atoms with E-state index in [0.717, 1.165) is 6.07 Å². The third-order valence-corrected chi connectivity index (χ3v) is 2.30. The van der Waals surface area contributed by atoms with Crippen LogP contribution in [0.3, 0.4) is 0 Å². The van der Waals surface area contributed by atoms with Crippen molar-refractivity contribution in [2.45, 2.75) is 19.1 Å². The van der Waals surface area contributed by atoms with Gasteiger partial charge in [-0.3, -0.25) is 0 Å². The molecular formula is C9H11ClFNO3. The summed E-state index contributed by atoms with van der Waals surface area (Å²) in [4.78, 5) is 0. The molecular weight excluding hydrogens is 225 g/mol. The van der Waals surface area contributed by atoms with Crippen molar-refractivity contribution in [3.05, 3.63) is 22.5 Å². The zero-order valence-electron chi connectivity index (χ0n) is 7.91. The second-order valence-electron chi connectivity index (χ2n) is 3.26. The van der Waals surface area contributed by atoms with Gasteiger partial charge in [-0.05, 0) is 13.0 Å². The number of aromatic hydroxyl groups is 2. The van der Waals surface area contributed by atoms with Gasteiger partial charge in [0, 0.05) is 11.6 Å². The maximum atomic E-state index is 13.1. The fourth-order valence-electron chi connectivity index (χ4n) is 1.13. The predicted octanol–water partition coefficient (Wildman–Crippen LogP) is 1.27. The number of hydrogen-bond acceptors (Lipinski definition) is 4. The summed E-state index contributed by atoms with van der Waals surface area (Å²) in [6, 6.07) is 0.375. The molecule has 15 heavy (non-hydrogen) atoms. The Morgan fingerprint density at radius 1 is 1.40 bits per heavy atom. The van der Waals surface area contributed by atoms with Crippen LogP contribution in [0.25, 0.3) is 0 Å². The standard InChI is InChI=1S/C9H11ClFNO3/c1-3(12)7(13)4-2-5(10)9(15)6(11)8(4)14/h2-3,7,13-15H,12H2,1H3. The molecule has 0 fully saturated rings. The van der Waals surface area contributed by atoms with Gasteiger partial charge in [0.1, 0.15) is 0 Å². The van der Waals surface area contributed by atoms with Gasteiger partial charge in [0.2, 0.25) is 5.82 Å². The molecule has 0 aliphatic carbocycles. The van der Waals surface area contributed by atoms with E-state index < -0.39 is 29.5 Å². The highest BCUT2D eigenvalue weighted by Crippen LogP contribution is 2.38. The lowest BCUT2D eigenvalue weighted by Gasteiger charge is -2.17. The average molecular weight is 236 g/mol. The van der Waals surface area contributed by atoms with Gasteiger partial charge in [-0.2, -0.15) is 4.39 Å². The van der Waals surface area contributed by atoms with Gasteiger partial charge in [-0.1, -0.05) is 11.6 Å². The zero-order valence-corrected chi connectivity index (χ0v) is 8.66. The van der Waals surface area contributed by atoms with Crippen LogP contribution in [0.2, 0.25) is 5.02 Å². The fraction of sp³-hybridized carbons (Fsp3) is 0.333. The minimum absolute atomic E-state index is 0.148. The Labute approximate surface area is 90.7 Å².